The first-order valence-electron chi connectivity index (χ1n) is 6.17. The van der Waals surface area contributed by atoms with Crippen molar-refractivity contribution in [3.63, 3.8) is 0 Å². The average Bonchev–Trinajstić information content (AvgIpc) is 2.44. The maximum Gasteiger partial charge on any atom is 0.253 e. The van der Waals surface area contributed by atoms with Crippen LogP contribution in [-0.4, -0.2) is 29.4 Å². The average molecular weight is 354 g/mol. The smallest absolute Gasteiger partial charge is 0.253 e. The highest BCUT2D eigenvalue weighted by molar-refractivity contribution is 9.10. The van der Waals surface area contributed by atoms with Crippen LogP contribution in [0.2, 0.25) is 5.02 Å². The van der Waals surface area contributed by atoms with Gasteiger partial charge in [-0.15, -0.1) is 0 Å². The Labute approximate surface area is 131 Å². The fourth-order valence-corrected chi connectivity index (χ4v) is 2.71. The molecular formula is C15H14BrClN2O. The molecule has 104 valence electrons. The summed E-state index contributed by atoms with van der Waals surface area (Å²) in [5.74, 6) is -0.0396. The number of carbonyl (C=O) groups is 1. The minimum atomic E-state index is -0.0396. The second kappa shape index (κ2) is 6.86. The highest BCUT2D eigenvalue weighted by atomic mass is 79.9. The Kier molecular flexibility index (Phi) is 5.15. The third-order valence-corrected chi connectivity index (χ3v) is 3.62. The number of likely N-dealkylation sites (N-methyl/N-ethyl adjacent to an activating group) is 1. The molecule has 0 bridgehead atoms. The second-order valence-electron chi connectivity index (χ2n) is 4.49. The summed E-state index contributed by atoms with van der Waals surface area (Å²) in [6.45, 7) is 0.646. The zero-order valence-electron chi connectivity index (χ0n) is 11.0. The van der Waals surface area contributed by atoms with E-state index in [0.29, 0.717) is 17.1 Å². The highest BCUT2D eigenvalue weighted by Crippen LogP contribution is 2.20. The van der Waals surface area contributed by atoms with Crippen LogP contribution in [-0.2, 0) is 6.42 Å². The molecule has 3 nitrogen and oxygen atoms in total. The van der Waals surface area contributed by atoms with Crippen molar-refractivity contribution in [2.45, 2.75) is 6.42 Å². The van der Waals surface area contributed by atoms with Crippen molar-refractivity contribution in [3.05, 3.63) is 63.3 Å². The Bertz CT molecular complexity index is 584. The molecule has 20 heavy (non-hydrogen) atoms. The molecule has 0 saturated heterocycles. The van der Waals surface area contributed by atoms with Crippen molar-refractivity contribution in [1.29, 1.82) is 0 Å². The molecule has 1 amide bonds. The van der Waals surface area contributed by atoms with Crippen LogP contribution in [0.15, 0.2) is 47.2 Å². The van der Waals surface area contributed by atoms with Crippen LogP contribution < -0.4 is 0 Å². The minimum absolute atomic E-state index is 0.0396. The molecule has 0 aliphatic carbocycles. The molecule has 5 heteroatoms. The van der Waals surface area contributed by atoms with E-state index < -0.39 is 0 Å². The lowest BCUT2D eigenvalue weighted by molar-refractivity contribution is 0.0796. The van der Waals surface area contributed by atoms with Gasteiger partial charge >= 0.3 is 0 Å². The molecular weight excluding hydrogens is 340 g/mol. The Balaban J connectivity index is 2.01. The number of benzene rings is 1. The third-order valence-electron chi connectivity index (χ3n) is 2.94. The molecule has 0 atom stereocenters. The lowest BCUT2D eigenvalue weighted by Crippen LogP contribution is -2.28. The Morgan fingerprint density at radius 2 is 2.00 bits per heavy atom. The van der Waals surface area contributed by atoms with Crippen LogP contribution in [0.25, 0.3) is 0 Å². The van der Waals surface area contributed by atoms with Crippen molar-refractivity contribution in [2.75, 3.05) is 13.6 Å². The number of hydrogen-bond acceptors (Lipinski definition) is 2. The highest BCUT2D eigenvalue weighted by Gasteiger charge is 2.12. The summed E-state index contributed by atoms with van der Waals surface area (Å²) in [6, 6.07) is 9.12. The van der Waals surface area contributed by atoms with E-state index >= 15 is 0 Å². The first kappa shape index (κ1) is 15.0. The number of carbonyl (C=O) groups excluding carboxylic acids is 1. The lowest BCUT2D eigenvalue weighted by Gasteiger charge is -2.17. The van der Waals surface area contributed by atoms with Crippen LogP contribution in [0.1, 0.15) is 15.9 Å². The molecule has 1 aromatic heterocycles. The fraction of sp³-hybridized carbons (Fsp3) is 0.200. The number of pyridine rings is 1. The van der Waals surface area contributed by atoms with E-state index in [1.807, 2.05) is 12.1 Å². The van der Waals surface area contributed by atoms with E-state index in [2.05, 4.69) is 20.9 Å². The maximum atomic E-state index is 12.3. The molecule has 1 heterocycles. The van der Waals surface area contributed by atoms with Gasteiger partial charge in [-0.2, -0.15) is 0 Å². The number of rotatable bonds is 4. The Hall–Kier alpha value is -1.39. The molecule has 0 radical (unpaired) electrons. The molecule has 0 aliphatic heterocycles. The summed E-state index contributed by atoms with van der Waals surface area (Å²) in [4.78, 5) is 18.0. The van der Waals surface area contributed by atoms with Crippen molar-refractivity contribution in [1.82, 2.24) is 9.88 Å². The van der Waals surface area contributed by atoms with Gasteiger partial charge in [0.2, 0.25) is 0 Å². The predicted octanol–water partition coefficient (Wildman–Crippen LogP) is 3.81. The third kappa shape index (κ3) is 4.05. The summed E-state index contributed by atoms with van der Waals surface area (Å²) in [6.07, 6.45) is 4.31. The van der Waals surface area contributed by atoms with Crippen LogP contribution in [0.5, 0.6) is 0 Å². The van der Waals surface area contributed by atoms with E-state index in [0.717, 1.165) is 16.5 Å². The van der Waals surface area contributed by atoms with Crippen molar-refractivity contribution in [3.8, 4) is 0 Å². The van der Waals surface area contributed by atoms with Crippen LogP contribution in [0.4, 0.5) is 0 Å². The summed E-state index contributed by atoms with van der Waals surface area (Å²) in [5.41, 5.74) is 1.74. The topological polar surface area (TPSA) is 33.2 Å². The number of hydrogen-bond donors (Lipinski definition) is 0. The first-order chi connectivity index (χ1) is 9.56. The monoisotopic (exact) mass is 352 g/mol. The van der Waals surface area contributed by atoms with Crippen LogP contribution in [0, 0.1) is 0 Å². The maximum absolute atomic E-state index is 12.3. The number of amides is 1. The van der Waals surface area contributed by atoms with Crippen LogP contribution >= 0.6 is 27.5 Å². The van der Waals surface area contributed by atoms with Gasteiger partial charge in [-0.05, 0) is 42.3 Å². The summed E-state index contributed by atoms with van der Waals surface area (Å²) >= 11 is 9.31. The normalized spacial score (nSPS) is 10.3. The first-order valence-corrected chi connectivity index (χ1v) is 7.34. The SMILES string of the molecule is CN(CCc1ccncc1)C(=O)c1cc(Cl)cc(Br)c1. The summed E-state index contributed by atoms with van der Waals surface area (Å²) in [7, 11) is 1.79. The molecule has 2 aromatic rings. The number of nitrogens with zero attached hydrogens (tertiary/aromatic N) is 2. The quantitative estimate of drug-likeness (QED) is 0.837. The van der Waals surface area contributed by atoms with Gasteiger partial charge in [0.1, 0.15) is 0 Å². The lowest BCUT2D eigenvalue weighted by atomic mass is 10.1. The zero-order chi connectivity index (χ0) is 14.5. The minimum Gasteiger partial charge on any atom is -0.341 e. The van der Waals surface area contributed by atoms with Gasteiger partial charge in [0, 0.05) is 41.0 Å². The molecule has 0 aliphatic rings. The Morgan fingerprint density at radius 3 is 2.65 bits per heavy atom. The van der Waals surface area contributed by atoms with Gasteiger partial charge in [0.25, 0.3) is 5.91 Å². The van der Waals surface area contributed by atoms with Gasteiger partial charge in [-0.3, -0.25) is 9.78 Å². The summed E-state index contributed by atoms with van der Waals surface area (Å²) < 4.78 is 0.802. The Morgan fingerprint density at radius 1 is 1.30 bits per heavy atom. The molecule has 0 N–H and O–H groups in total. The van der Waals surface area contributed by atoms with Gasteiger partial charge in [-0.1, -0.05) is 27.5 Å². The van der Waals surface area contributed by atoms with E-state index in [9.17, 15) is 4.79 Å². The molecule has 0 saturated carbocycles. The van der Waals surface area contributed by atoms with E-state index in [4.69, 9.17) is 11.6 Å². The number of halogens is 2. The van der Waals surface area contributed by atoms with Gasteiger partial charge < -0.3 is 4.90 Å². The molecule has 0 spiro atoms. The van der Waals surface area contributed by atoms with Gasteiger partial charge in [0.15, 0.2) is 0 Å². The molecule has 2 rings (SSSR count). The van der Waals surface area contributed by atoms with Crippen molar-refractivity contribution < 1.29 is 4.79 Å². The zero-order valence-corrected chi connectivity index (χ0v) is 13.4. The predicted molar refractivity (Wildman–Crippen MR) is 84.1 cm³/mol. The molecule has 0 unspecified atom stereocenters. The van der Waals surface area contributed by atoms with Gasteiger partial charge in [-0.25, -0.2) is 0 Å². The van der Waals surface area contributed by atoms with Crippen molar-refractivity contribution >= 4 is 33.4 Å². The van der Waals surface area contributed by atoms with Crippen molar-refractivity contribution in [2.24, 2.45) is 0 Å². The van der Waals surface area contributed by atoms with Gasteiger partial charge in [0.05, 0.1) is 0 Å². The molecule has 1 aromatic carbocycles. The summed E-state index contributed by atoms with van der Waals surface area (Å²) in [5, 5.41) is 0.547. The van der Waals surface area contributed by atoms with Crippen LogP contribution in [0.3, 0.4) is 0 Å². The van der Waals surface area contributed by atoms with E-state index in [-0.39, 0.29) is 5.91 Å². The number of aromatic nitrogens is 1. The second-order valence-corrected chi connectivity index (χ2v) is 5.84. The van der Waals surface area contributed by atoms with E-state index in [1.54, 1.807) is 42.5 Å². The largest absolute Gasteiger partial charge is 0.341 e. The fourth-order valence-electron chi connectivity index (χ4n) is 1.85. The molecule has 0 fully saturated rings. The standard InChI is InChI=1S/C15H14BrClN2O/c1-19(7-4-11-2-5-18-6-3-11)15(20)12-8-13(16)10-14(17)9-12/h2-3,5-6,8-10H,4,7H2,1H3. The van der Waals surface area contributed by atoms with E-state index in [1.165, 1.54) is 0 Å².